The van der Waals surface area contributed by atoms with E-state index < -0.39 is 0 Å². The van der Waals surface area contributed by atoms with Crippen LogP contribution in [0.4, 0.5) is 0 Å². The fourth-order valence-corrected chi connectivity index (χ4v) is 2.15. The zero-order chi connectivity index (χ0) is 14.7. The third-order valence-electron chi connectivity index (χ3n) is 3.41. The molecule has 3 rings (SSSR count). The van der Waals surface area contributed by atoms with E-state index in [4.69, 9.17) is 4.74 Å². The molecule has 2 aromatic rings. The summed E-state index contributed by atoms with van der Waals surface area (Å²) in [5, 5.41) is 0. The first kappa shape index (κ1) is 13.4. The Bertz CT molecular complexity index is 640. The van der Waals surface area contributed by atoms with E-state index >= 15 is 0 Å². The number of hydrogen-bond donors (Lipinski definition) is 0. The van der Waals surface area contributed by atoms with Crippen molar-refractivity contribution in [3.8, 4) is 0 Å². The monoisotopic (exact) mass is 281 g/mol. The number of rotatable bonds is 4. The van der Waals surface area contributed by atoms with Crippen LogP contribution in [0.1, 0.15) is 20.7 Å². The summed E-state index contributed by atoms with van der Waals surface area (Å²) in [7, 11) is 0. The van der Waals surface area contributed by atoms with Crippen LogP contribution in [-0.4, -0.2) is 36.0 Å². The molecule has 0 radical (unpaired) electrons. The van der Waals surface area contributed by atoms with Crippen molar-refractivity contribution < 1.29 is 14.3 Å². The molecule has 0 spiro atoms. The molecule has 0 N–H and O–H groups in total. The molecule has 0 aromatic heterocycles. The third kappa shape index (κ3) is 3.11. The fraction of sp³-hybridized carbons (Fsp3) is 0.176. The second-order valence-electron chi connectivity index (χ2n) is 4.94. The molecule has 2 aromatic carbocycles. The predicted molar refractivity (Wildman–Crippen MR) is 78.0 cm³/mol. The number of benzene rings is 2. The van der Waals surface area contributed by atoms with Gasteiger partial charge in [-0.15, -0.1) is 0 Å². The summed E-state index contributed by atoms with van der Waals surface area (Å²) < 4.78 is 5.24. The molecule has 1 aliphatic rings. The number of nitrogens with zero attached hydrogens (tertiary/aromatic N) is 1. The molecular formula is C17H15NO3. The molecule has 4 nitrogen and oxygen atoms in total. The van der Waals surface area contributed by atoms with Crippen LogP contribution in [0, 0.1) is 0 Å². The first-order valence-corrected chi connectivity index (χ1v) is 6.84. The zero-order valence-corrected chi connectivity index (χ0v) is 11.4. The van der Waals surface area contributed by atoms with Gasteiger partial charge >= 0.3 is 5.97 Å². The number of esters is 1. The van der Waals surface area contributed by atoms with Crippen molar-refractivity contribution in [1.29, 1.82) is 0 Å². The van der Waals surface area contributed by atoms with Gasteiger partial charge in [0.1, 0.15) is 6.61 Å². The van der Waals surface area contributed by atoms with Crippen molar-refractivity contribution in [2.24, 2.45) is 0 Å². The van der Waals surface area contributed by atoms with Gasteiger partial charge in [-0.3, -0.25) is 4.79 Å². The summed E-state index contributed by atoms with van der Waals surface area (Å²) >= 11 is 0. The molecule has 0 aliphatic carbocycles. The van der Waals surface area contributed by atoms with Gasteiger partial charge in [0.05, 0.1) is 11.6 Å². The summed E-state index contributed by atoms with van der Waals surface area (Å²) in [5.41, 5.74) is 1.19. The van der Waals surface area contributed by atoms with Crippen molar-refractivity contribution in [3.63, 3.8) is 0 Å². The highest BCUT2D eigenvalue weighted by Crippen LogP contribution is 2.21. The predicted octanol–water partition coefficient (Wildman–Crippen LogP) is 2.37. The summed E-state index contributed by atoms with van der Waals surface area (Å²) in [4.78, 5) is 25.6. The van der Waals surface area contributed by atoms with Crippen LogP contribution in [0.15, 0.2) is 60.7 Å². The van der Waals surface area contributed by atoms with E-state index in [9.17, 15) is 9.59 Å². The van der Waals surface area contributed by atoms with E-state index in [-0.39, 0.29) is 24.5 Å². The smallest absolute Gasteiger partial charge is 0.338 e. The average Bonchev–Trinajstić information content (AvgIpc) is 3.33. The molecule has 106 valence electrons. The van der Waals surface area contributed by atoms with Crippen molar-refractivity contribution in [3.05, 3.63) is 71.8 Å². The second kappa shape index (κ2) is 5.79. The number of carbonyl (C=O) groups excluding carboxylic acids is 2. The first-order chi connectivity index (χ1) is 10.3. The van der Waals surface area contributed by atoms with Crippen LogP contribution >= 0.6 is 0 Å². The average molecular weight is 281 g/mol. The lowest BCUT2D eigenvalue weighted by atomic mass is 10.2. The van der Waals surface area contributed by atoms with Gasteiger partial charge in [-0.2, -0.15) is 0 Å². The molecule has 0 bridgehead atoms. The van der Waals surface area contributed by atoms with E-state index in [1.165, 1.54) is 0 Å². The fourth-order valence-electron chi connectivity index (χ4n) is 2.15. The van der Waals surface area contributed by atoms with E-state index in [1.54, 1.807) is 41.3 Å². The van der Waals surface area contributed by atoms with Gasteiger partial charge in [0.2, 0.25) is 0 Å². The van der Waals surface area contributed by atoms with Crippen LogP contribution < -0.4 is 0 Å². The Morgan fingerprint density at radius 2 is 1.52 bits per heavy atom. The lowest BCUT2D eigenvalue weighted by molar-refractivity contribution is 0.0486. The topological polar surface area (TPSA) is 46.4 Å². The molecule has 1 saturated heterocycles. The van der Waals surface area contributed by atoms with Gasteiger partial charge in [-0.05, 0) is 24.3 Å². The minimum absolute atomic E-state index is 0.00892. The number of amides is 1. The van der Waals surface area contributed by atoms with Crippen molar-refractivity contribution in [2.75, 3.05) is 13.2 Å². The summed E-state index contributed by atoms with van der Waals surface area (Å²) in [6.45, 7) is 0.877. The van der Waals surface area contributed by atoms with E-state index in [2.05, 4.69) is 0 Å². The quantitative estimate of drug-likeness (QED) is 0.638. The highest BCUT2D eigenvalue weighted by atomic mass is 16.5. The molecule has 0 saturated carbocycles. The van der Waals surface area contributed by atoms with Crippen LogP contribution in [0.5, 0.6) is 0 Å². The molecule has 4 heteroatoms. The van der Waals surface area contributed by atoms with Gasteiger partial charge in [-0.25, -0.2) is 4.79 Å². The highest BCUT2D eigenvalue weighted by Gasteiger charge is 2.39. The van der Waals surface area contributed by atoms with Gasteiger partial charge in [0, 0.05) is 12.1 Å². The maximum atomic E-state index is 12.1. The largest absolute Gasteiger partial charge is 0.460 e. The number of ether oxygens (including phenoxy) is 1. The Labute approximate surface area is 123 Å². The van der Waals surface area contributed by atoms with Crippen molar-refractivity contribution in [2.45, 2.75) is 6.04 Å². The minimum atomic E-state index is -0.352. The molecule has 21 heavy (non-hydrogen) atoms. The molecule has 1 fully saturated rings. The number of hydrogen-bond acceptors (Lipinski definition) is 3. The van der Waals surface area contributed by atoms with Crippen molar-refractivity contribution >= 4 is 11.9 Å². The maximum Gasteiger partial charge on any atom is 0.338 e. The Balaban J connectivity index is 1.51. The first-order valence-electron chi connectivity index (χ1n) is 6.84. The van der Waals surface area contributed by atoms with Gasteiger partial charge in [0.25, 0.3) is 5.91 Å². The number of carbonyl (C=O) groups is 2. The third-order valence-corrected chi connectivity index (χ3v) is 3.41. The maximum absolute atomic E-state index is 12.1. The standard InChI is InChI=1S/C17H15NO3/c19-16(13-7-3-1-4-8-13)18-11-15(18)12-21-17(20)14-9-5-2-6-10-14/h1-10,15H,11-12H2/t15-,18?/m1/s1. The summed E-state index contributed by atoms with van der Waals surface area (Å²) in [5.74, 6) is -0.369. The minimum Gasteiger partial charge on any atom is -0.460 e. The Hall–Kier alpha value is -2.62. The molecule has 1 atom stereocenters. The van der Waals surface area contributed by atoms with E-state index in [0.717, 1.165) is 0 Å². The highest BCUT2D eigenvalue weighted by molar-refractivity contribution is 5.96. The van der Waals surface area contributed by atoms with Crippen molar-refractivity contribution in [1.82, 2.24) is 4.90 Å². The molecular weight excluding hydrogens is 266 g/mol. The Morgan fingerprint density at radius 3 is 2.14 bits per heavy atom. The summed E-state index contributed by atoms with van der Waals surface area (Å²) in [6, 6.07) is 18.0. The van der Waals surface area contributed by atoms with E-state index in [0.29, 0.717) is 17.7 Å². The Kier molecular flexibility index (Phi) is 3.69. The summed E-state index contributed by atoms with van der Waals surface area (Å²) in [6.07, 6.45) is 0. The normalized spacial score (nSPS) is 16.4. The van der Waals surface area contributed by atoms with Crippen LogP contribution in [0.25, 0.3) is 0 Å². The van der Waals surface area contributed by atoms with Crippen LogP contribution in [0.2, 0.25) is 0 Å². The molecule has 1 heterocycles. The molecule has 1 aliphatic heterocycles. The second-order valence-corrected chi connectivity index (χ2v) is 4.94. The zero-order valence-electron chi connectivity index (χ0n) is 11.4. The van der Waals surface area contributed by atoms with Gasteiger partial charge in [0.15, 0.2) is 0 Å². The molecule has 0 unspecified atom stereocenters. The SMILES string of the molecule is O=C(OC[C@H]1CN1C(=O)c1ccccc1)c1ccccc1. The van der Waals surface area contributed by atoms with E-state index in [1.807, 2.05) is 24.3 Å². The van der Waals surface area contributed by atoms with Crippen LogP contribution in [-0.2, 0) is 4.74 Å². The van der Waals surface area contributed by atoms with Crippen LogP contribution in [0.3, 0.4) is 0 Å². The Morgan fingerprint density at radius 1 is 0.952 bits per heavy atom. The lowest BCUT2D eigenvalue weighted by Crippen LogP contribution is -2.18. The molecule has 1 amide bonds. The van der Waals surface area contributed by atoms with Gasteiger partial charge < -0.3 is 9.64 Å². The van der Waals surface area contributed by atoms with Gasteiger partial charge in [-0.1, -0.05) is 36.4 Å². The lowest BCUT2D eigenvalue weighted by Gasteiger charge is -2.06.